The molecule has 0 fully saturated rings. The first-order chi connectivity index (χ1) is 14.2. The van der Waals surface area contributed by atoms with Crippen molar-refractivity contribution in [2.24, 2.45) is 0 Å². The summed E-state index contributed by atoms with van der Waals surface area (Å²) >= 11 is 0. The number of hydrogen-bond acceptors (Lipinski definition) is 11. The number of nitrogens with one attached hydrogen (secondary N) is 1. The van der Waals surface area contributed by atoms with Gasteiger partial charge in [-0.15, -0.1) is 0 Å². The molecule has 0 aromatic carbocycles. The molecule has 0 saturated carbocycles. The summed E-state index contributed by atoms with van der Waals surface area (Å²) in [6.45, 7) is -0.489. The number of phosphoric acid groups is 3. The third-order valence-electron chi connectivity index (χ3n) is 3.61. The van der Waals surface area contributed by atoms with Gasteiger partial charge in [0, 0.05) is 6.42 Å². The van der Waals surface area contributed by atoms with Gasteiger partial charge in [0.1, 0.15) is 18.5 Å². The van der Waals surface area contributed by atoms with Gasteiger partial charge < -0.3 is 34.6 Å². The molecule has 0 saturated heterocycles. The lowest BCUT2D eigenvalue weighted by Crippen LogP contribution is -2.17. The zero-order chi connectivity index (χ0) is 23.0. The van der Waals surface area contributed by atoms with E-state index in [9.17, 15) is 23.4 Å². The Morgan fingerprint density at radius 1 is 1.23 bits per heavy atom. The van der Waals surface area contributed by atoms with Gasteiger partial charge in [-0.3, -0.25) is 14.3 Å². The Kier molecular flexibility index (Phi) is 6.56. The van der Waals surface area contributed by atoms with Gasteiger partial charge in [0.2, 0.25) is 5.95 Å². The molecule has 2 aromatic heterocycles. The molecule has 0 radical (unpaired) electrons. The molecule has 172 valence electrons. The maximum atomic E-state index is 11.8. The van der Waals surface area contributed by atoms with Crippen molar-refractivity contribution >= 4 is 40.6 Å². The van der Waals surface area contributed by atoms with Crippen LogP contribution >= 0.6 is 23.5 Å². The number of imidazole rings is 1. The number of aromatic amines is 1. The summed E-state index contributed by atoms with van der Waals surface area (Å²) < 4.78 is 52.3. The van der Waals surface area contributed by atoms with E-state index in [1.54, 1.807) is 0 Å². The molecule has 17 nitrogen and oxygen atoms in total. The van der Waals surface area contributed by atoms with Crippen LogP contribution in [0, 0.1) is 0 Å². The standard InChI is InChI=1S/C11H16N5O12P3/c12-11-14-9-8(10(17)15-11)13-5-16(9)3-6-1-2-7(26-6)4-25-30(21,22)28-31(23,24)27-29(18,19)20/h2,5-6H,1,3-4H2,(H,21,22)(H,23,24)(H2,18,19,20)(H3,12,14,15,17). The van der Waals surface area contributed by atoms with Crippen LogP contribution in [0.5, 0.6) is 0 Å². The van der Waals surface area contributed by atoms with E-state index in [1.165, 1.54) is 17.0 Å². The summed E-state index contributed by atoms with van der Waals surface area (Å²) in [6.07, 6.45) is 2.69. The Hall–Kier alpha value is -1.90. The molecule has 0 spiro atoms. The molecule has 3 atom stereocenters. The van der Waals surface area contributed by atoms with E-state index in [0.29, 0.717) is 6.42 Å². The molecule has 3 rings (SSSR count). The van der Waals surface area contributed by atoms with Crippen LogP contribution in [0.4, 0.5) is 5.95 Å². The lowest BCUT2D eigenvalue weighted by Gasteiger charge is -2.17. The Labute approximate surface area is 171 Å². The van der Waals surface area contributed by atoms with Gasteiger partial charge in [-0.25, -0.2) is 18.7 Å². The van der Waals surface area contributed by atoms with E-state index in [2.05, 4.69) is 28.1 Å². The molecule has 2 aromatic rings. The van der Waals surface area contributed by atoms with Crippen LogP contribution in [0.2, 0.25) is 0 Å². The van der Waals surface area contributed by atoms with E-state index in [-0.39, 0.29) is 29.4 Å². The number of ether oxygens (including phenoxy) is 1. The van der Waals surface area contributed by atoms with Gasteiger partial charge in [-0.1, -0.05) is 0 Å². The van der Waals surface area contributed by atoms with Crippen molar-refractivity contribution in [3.05, 3.63) is 28.5 Å². The molecular formula is C11H16N5O12P3. The van der Waals surface area contributed by atoms with E-state index >= 15 is 0 Å². The molecule has 1 aliphatic heterocycles. The molecule has 3 heterocycles. The first kappa shape index (κ1) is 23.8. The van der Waals surface area contributed by atoms with Gasteiger partial charge in [0.15, 0.2) is 11.2 Å². The molecule has 20 heteroatoms. The van der Waals surface area contributed by atoms with Gasteiger partial charge in [-0.05, 0) is 6.08 Å². The number of H-pyrrole nitrogens is 1. The van der Waals surface area contributed by atoms with Crippen molar-refractivity contribution in [3.63, 3.8) is 0 Å². The smallest absolute Gasteiger partial charge is 0.490 e. The predicted octanol–water partition coefficient (Wildman–Crippen LogP) is -0.282. The van der Waals surface area contributed by atoms with Crippen LogP contribution in [0.15, 0.2) is 23.0 Å². The number of nitrogens with two attached hydrogens (primary N) is 1. The van der Waals surface area contributed by atoms with Gasteiger partial charge in [-0.2, -0.15) is 13.6 Å². The highest BCUT2D eigenvalue weighted by Crippen LogP contribution is 2.66. The molecule has 31 heavy (non-hydrogen) atoms. The Morgan fingerprint density at radius 2 is 1.94 bits per heavy atom. The van der Waals surface area contributed by atoms with Crippen LogP contribution in [-0.4, -0.2) is 51.8 Å². The van der Waals surface area contributed by atoms with Gasteiger partial charge in [0.25, 0.3) is 5.56 Å². The van der Waals surface area contributed by atoms with Crippen LogP contribution in [-0.2, 0) is 38.1 Å². The lowest BCUT2D eigenvalue weighted by atomic mass is 10.2. The fraction of sp³-hybridized carbons (Fsp3) is 0.364. The van der Waals surface area contributed by atoms with Crippen LogP contribution in [0.3, 0.4) is 0 Å². The summed E-state index contributed by atoms with van der Waals surface area (Å²) in [6, 6.07) is 0. The van der Waals surface area contributed by atoms with E-state index in [1.807, 2.05) is 0 Å². The monoisotopic (exact) mass is 503 g/mol. The highest BCUT2D eigenvalue weighted by Gasteiger charge is 2.41. The molecule has 1 aliphatic rings. The van der Waals surface area contributed by atoms with E-state index in [4.69, 9.17) is 25.2 Å². The van der Waals surface area contributed by atoms with E-state index in [0.717, 1.165) is 0 Å². The highest BCUT2D eigenvalue weighted by atomic mass is 31.3. The Morgan fingerprint density at radius 3 is 2.61 bits per heavy atom. The van der Waals surface area contributed by atoms with Crippen LogP contribution in [0.1, 0.15) is 6.42 Å². The number of nitrogen functional groups attached to an aromatic ring is 1. The van der Waals surface area contributed by atoms with E-state index < -0.39 is 41.7 Å². The Bertz CT molecular complexity index is 1220. The average Bonchev–Trinajstić information content (AvgIpc) is 3.18. The number of aromatic nitrogens is 4. The fourth-order valence-electron chi connectivity index (χ4n) is 2.55. The highest BCUT2D eigenvalue weighted by molar-refractivity contribution is 7.66. The zero-order valence-electron chi connectivity index (χ0n) is 15.2. The van der Waals surface area contributed by atoms with Crippen molar-refractivity contribution < 1.29 is 51.2 Å². The van der Waals surface area contributed by atoms with Gasteiger partial charge >= 0.3 is 23.5 Å². The third kappa shape index (κ3) is 6.54. The second kappa shape index (κ2) is 8.56. The maximum Gasteiger partial charge on any atom is 0.490 e. The first-order valence-corrected chi connectivity index (χ1v) is 12.6. The summed E-state index contributed by atoms with van der Waals surface area (Å²) in [7, 11) is -16.3. The largest absolute Gasteiger partial charge is 0.490 e. The average molecular weight is 503 g/mol. The minimum absolute atomic E-state index is 0.0706. The fourth-order valence-corrected chi connectivity index (χ4v) is 5.54. The summed E-state index contributed by atoms with van der Waals surface area (Å²) in [5, 5.41) is 0. The zero-order valence-corrected chi connectivity index (χ0v) is 17.9. The van der Waals surface area contributed by atoms with Crippen LogP contribution < -0.4 is 11.3 Å². The number of phosphoric ester groups is 1. The van der Waals surface area contributed by atoms with Gasteiger partial charge in [0.05, 0.1) is 12.9 Å². The molecule has 0 aliphatic carbocycles. The van der Waals surface area contributed by atoms with Crippen molar-refractivity contribution in [2.45, 2.75) is 19.1 Å². The quantitative estimate of drug-likeness (QED) is 0.240. The first-order valence-electron chi connectivity index (χ1n) is 8.08. The number of hydrogen-bond donors (Lipinski definition) is 6. The summed E-state index contributed by atoms with van der Waals surface area (Å²) in [5.41, 5.74) is 5.32. The topological polar surface area (TPSA) is 259 Å². The predicted molar refractivity (Wildman–Crippen MR) is 100.0 cm³/mol. The van der Waals surface area contributed by atoms with Crippen molar-refractivity contribution in [1.82, 2.24) is 19.5 Å². The minimum atomic E-state index is -5.60. The SMILES string of the molecule is Nc1nc2c(ncn2CC2CC=C(COP(=O)(O)OP(=O)(O)OP(=O)(O)O)O2)c(=O)[nH]1. The summed E-state index contributed by atoms with van der Waals surface area (Å²) in [5.74, 6) is -0.0253. The molecular weight excluding hydrogens is 487 g/mol. The third-order valence-corrected chi connectivity index (χ3v) is 7.39. The number of fused-ring (bicyclic) bond motifs is 1. The Balaban J connectivity index is 1.56. The van der Waals surface area contributed by atoms with Crippen LogP contribution in [0.25, 0.3) is 11.2 Å². The molecule has 0 amide bonds. The molecule has 7 N–H and O–H groups in total. The maximum absolute atomic E-state index is 11.8. The number of rotatable bonds is 9. The second-order valence-corrected chi connectivity index (χ2v) is 10.5. The lowest BCUT2D eigenvalue weighted by molar-refractivity contribution is 0.0955. The van der Waals surface area contributed by atoms with Crippen molar-refractivity contribution in [2.75, 3.05) is 12.3 Å². The molecule has 0 bridgehead atoms. The normalized spacial score (nSPS) is 20.8. The summed E-state index contributed by atoms with van der Waals surface area (Å²) in [4.78, 5) is 57.6. The second-order valence-electron chi connectivity index (χ2n) is 6.03. The molecule has 3 unspecified atom stereocenters. The number of anilines is 1. The number of nitrogens with zero attached hydrogens (tertiary/aromatic N) is 3. The minimum Gasteiger partial charge on any atom is -0.490 e. The van der Waals surface area contributed by atoms with Crippen molar-refractivity contribution in [1.29, 1.82) is 0 Å². The van der Waals surface area contributed by atoms with Crippen molar-refractivity contribution in [3.8, 4) is 0 Å².